The topological polar surface area (TPSA) is 118 Å². The van der Waals surface area contributed by atoms with Gasteiger partial charge in [-0.25, -0.2) is 14.5 Å². The lowest BCUT2D eigenvalue weighted by Crippen LogP contribution is -2.71. The number of carbonyl (C=O) groups is 3. The Labute approximate surface area is 209 Å². The van der Waals surface area contributed by atoms with E-state index in [1.165, 1.54) is 0 Å². The van der Waals surface area contributed by atoms with E-state index in [-0.39, 0.29) is 0 Å². The average Bonchev–Trinajstić information content (AvgIpc) is 3.49. The van der Waals surface area contributed by atoms with Crippen molar-refractivity contribution < 1.29 is 19.1 Å². The van der Waals surface area contributed by atoms with Gasteiger partial charge < -0.3 is 9.64 Å². The van der Waals surface area contributed by atoms with Crippen LogP contribution in [0.25, 0.3) is 16.6 Å². The number of carbonyl (C=O) groups excluding carboxylic acids is 3. The van der Waals surface area contributed by atoms with Gasteiger partial charge in [0.1, 0.15) is 5.75 Å². The van der Waals surface area contributed by atoms with Gasteiger partial charge in [-0.05, 0) is 61.4 Å². The average molecular weight is 503 g/mol. The maximum Gasteiger partial charge on any atom is 0.328 e. The van der Waals surface area contributed by atoms with E-state index >= 15 is 0 Å². The molecule has 0 saturated carbocycles. The molecule has 4 aromatic rings. The van der Waals surface area contributed by atoms with E-state index in [9.17, 15) is 14.4 Å². The molecule has 10 nitrogen and oxygen atoms in total. The smallest absolute Gasteiger partial charge is 0.328 e. The van der Waals surface area contributed by atoms with Crippen LogP contribution >= 0.6 is 11.6 Å². The Bertz CT molecular complexity index is 1500. The molecule has 2 saturated heterocycles. The lowest BCUT2D eigenvalue weighted by atomic mass is 9.92. The SMILES string of the molecule is O=C1NC(=O)C2(CCCN2c2ccc(Oc3ccc4nn(-c5ccc(Cl)cc5)cc4c3)nc2)C(=O)N1. The molecule has 0 atom stereocenters. The Morgan fingerprint density at radius 1 is 0.944 bits per heavy atom. The van der Waals surface area contributed by atoms with E-state index in [0.717, 1.165) is 16.6 Å². The summed E-state index contributed by atoms with van der Waals surface area (Å²) >= 11 is 5.98. The summed E-state index contributed by atoms with van der Waals surface area (Å²) in [5, 5.41) is 10.5. The second kappa shape index (κ2) is 8.35. The minimum absolute atomic E-state index is 0.305. The molecule has 2 aliphatic heterocycles. The Hall–Kier alpha value is -4.44. The predicted molar refractivity (Wildman–Crippen MR) is 131 cm³/mol. The van der Waals surface area contributed by atoms with Crippen LogP contribution in [-0.2, 0) is 9.59 Å². The van der Waals surface area contributed by atoms with Crippen molar-refractivity contribution in [3.8, 4) is 17.3 Å². The number of halogens is 1. The maximum atomic E-state index is 12.7. The first kappa shape index (κ1) is 22.1. The third kappa shape index (κ3) is 3.62. The summed E-state index contributed by atoms with van der Waals surface area (Å²) in [6.45, 7) is 0.477. The number of benzene rings is 2. The zero-order chi connectivity index (χ0) is 24.9. The molecule has 2 aromatic carbocycles. The number of hydrogen-bond donors (Lipinski definition) is 2. The van der Waals surface area contributed by atoms with Gasteiger partial charge >= 0.3 is 6.03 Å². The number of ether oxygens (including phenoxy) is 1. The number of rotatable bonds is 4. The summed E-state index contributed by atoms with van der Waals surface area (Å²) in [7, 11) is 0. The summed E-state index contributed by atoms with van der Waals surface area (Å²) < 4.78 is 7.71. The van der Waals surface area contributed by atoms with Crippen LogP contribution in [0.15, 0.2) is 67.0 Å². The van der Waals surface area contributed by atoms with Crippen LogP contribution in [0.2, 0.25) is 5.02 Å². The van der Waals surface area contributed by atoms with Crippen molar-refractivity contribution in [3.05, 3.63) is 72.0 Å². The summed E-state index contributed by atoms with van der Waals surface area (Å²) in [6, 6.07) is 15.5. The zero-order valence-corrected chi connectivity index (χ0v) is 19.5. The van der Waals surface area contributed by atoms with Crippen LogP contribution in [-0.4, -0.2) is 44.7 Å². The number of aromatic nitrogens is 3. The molecule has 1 spiro atoms. The summed E-state index contributed by atoms with van der Waals surface area (Å²) in [6.07, 6.45) is 4.38. The number of anilines is 1. The molecular formula is C25H19ClN6O4. The third-order valence-corrected chi connectivity index (χ3v) is 6.66. The van der Waals surface area contributed by atoms with Crippen molar-refractivity contribution in [2.45, 2.75) is 18.4 Å². The number of hydrogen-bond acceptors (Lipinski definition) is 7. The van der Waals surface area contributed by atoms with Crippen molar-refractivity contribution in [3.63, 3.8) is 0 Å². The minimum Gasteiger partial charge on any atom is -0.439 e. The van der Waals surface area contributed by atoms with Gasteiger partial charge in [-0.1, -0.05) is 11.6 Å². The fraction of sp³-hybridized carbons (Fsp3) is 0.160. The molecular weight excluding hydrogens is 484 g/mol. The predicted octanol–water partition coefficient (Wildman–Crippen LogP) is 3.57. The van der Waals surface area contributed by atoms with Gasteiger partial charge in [0.05, 0.1) is 23.1 Å². The van der Waals surface area contributed by atoms with Gasteiger partial charge in [-0.2, -0.15) is 5.10 Å². The minimum atomic E-state index is -1.47. The summed E-state index contributed by atoms with van der Waals surface area (Å²) in [4.78, 5) is 42.9. The molecule has 36 heavy (non-hydrogen) atoms. The summed E-state index contributed by atoms with van der Waals surface area (Å²) in [5.41, 5.74) is 0.814. The molecule has 0 unspecified atom stereocenters. The Kier molecular flexibility index (Phi) is 5.11. The highest BCUT2D eigenvalue weighted by atomic mass is 35.5. The normalized spacial score (nSPS) is 16.9. The highest BCUT2D eigenvalue weighted by Crippen LogP contribution is 2.36. The van der Waals surface area contributed by atoms with Gasteiger partial charge in [0, 0.05) is 29.2 Å². The molecule has 0 aliphatic carbocycles. The number of pyridine rings is 1. The van der Waals surface area contributed by atoms with Crippen molar-refractivity contribution >= 4 is 46.0 Å². The molecule has 2 N–H and O–H groups in total. The number of barbiturate groups is 1. The first-order valence-corrected chi connectivity index (χ1v) is 11.6. The molecule has 2 fully saturated rings. The molecule has 6 rings (SSSR count). The number of imide groups is 2. The van der Waals surface area contributed by atoms with Crippen LogP contribution in [0.3, 0.4) is 0 Å². The van der Waals surface area contributed by atoms with E-state index in [1.807, 2.05) is 42.6 Å². The van der Waals surface area contributed by atoms with Gasteiger partial charge in [0.15, 0.2) is 5.54 Å². The fourth-order valence-corrected chi connectivity index (χ4v) is 4.82. The van der Waals surface area contributed by atoms with Crippen LogP contribution in [0.5, 0.6) is 11.6 Å². The van der Waals surface area contributed by atoms with E-state index < -0.39 is 23.4 Å². The second-order valence-electron chi connectivity index (χ2n) is 8.58. The van der Waals surface area contributed by atoms with Crippen LogP contribution in [0.4, 0.5) is 10.5 Å². The molecule has 11 heteroatoms. The number of fused-ring (bicyclic) bond motifs is 1. The molecule has 180 valence electrons. The number of amides is 4. The van der Waals surface area contributed by atoms with Crippen molar-refractivity contribution in [2.24, 2.45) is 0 Å². The molecule has 4 amide bonds. The van der Waals surface area contributed by atoms with Crippen LogP contribution in [0, 0.1) is 0 Å². The first-order chi connectivity index (χ1) is 17.4. The monoisotopic (exact) mass is 502 g/mol. The number of urea groups is 1. The molecule has 2 aromatic heterocycles. The van der Waals surface area contributed by atoms with Crippen LogP contribution < -0.4 is 20.3 Å². The van der Waals surface area contributed by atoms with Crippen molar-refractivity contribution in [1.29, 1.82) is 0 Å². The molecule has 0 bridgehead atoms. The Balaban J connectivity index is 1.22. The lowest BCUT2D eigenvalue weighted by molar-refractivity contribution is -0.137. The quantitative estimate of drug-likeness (QED) is 0.409. The zero-order valence-electron chi connectivity index (χ0n) is 18.8. The van der Waals surface area contributed by atoms with Gasteiger partial charge in [-0.3, -0.25) is 20.2 Å². The largest absolute Gasteiger partial charge is 0.439 e. The molecule has 2 aliphatic rings. The maximum absolute atomic E-state index is 12.7. The van der Waals surface area contributed by atoms with Gasteiger partial charge in [-0.15, -0.1) is 0 Å². The highest BCUT2D eigenvalue weighted by Gasteiger charge is 2.57. The van der Waals surface area contributed by atoms with Crippen LogP contribution in [0.1, 0.15) is 12.8 Å². The van der Waals surface area contributed by atoms with Crippen molar-refractivity contribution in [1.82, 2.24) is 25.4 Å². The number of nitrogens with zero attached hydrogens (tertiary/aromatic N) is 4. The van der Waals surface area contributed by atoms with Crippen molar-refractivity contribution in [2.75, 3.05) is 11.4 Å². The van der Waals surface area contributed by atoms with E-state index in [2.05, 4.69) is 20.7 Å². The second-order valence-corrected chi connectivity index (χ2v) is 9.02. The van der Waals surface area contributed by atoms with E-state index in [4.69, 9.17) is 16.3 Å². The standard InChI is InChI=1S/C25H19ClN6O4/c26-16-2-4-17(5-3-16)32-14-15-12-19(7-8-20(15)30-32)36-21-9-6-18(13-27-21)31-11-1-10-25(31)22(33)28-24(35)29-23(25)34/h2-9,12-14H,1,10-11H2,(H2,28,29,33,34,35). The van der Waals surface area contributed by atoms with E-state index in [0.29, 0.717) is 41.7 Å². The highest BCUT2D eigenvalue weighted by molar-refractivity contribution is 6.30. The van der Waals surface area contributed by atoms with Gasteiger partial charge in [0.2, 0.25) is 5.88 Å². The lowest BCUT2D eigenvalue weighted by Gasteiger charge is -2.38. The van der Waals surface area contributed by atoms with Gasteiger partial charge in [0.25, 0.3) is 11.8 Å². The molecule has 4 heterocycles. The summed E-state index contributed by atoms with van der Waals surface area (Å²) in [5.74, 6) is -0.312. The number of nitrogens with one attached hydrogen (secondary N) is 2. The Morgan fingerprint density at radius 3 is 2.42 bits per heavy atom. The Morgan fingerprint density at radius 2 is 1.69 bits per heavy atom. The fourth-order valence-electron chi connectivity index (χ4n) is 4.69. The van der Waals surface area contributed by atoms with E-state index in [1.54, 1.807) is 34.0 Å². The first-order valence-electron chi connectivity index (χ1n) is 11.3. The third-order valence-electron chi connectivity index (χ3n) is 6.41. The molecule has 0 radical (unpaired) electrons.